The molecule has 2 aromatic carbocycles. The summed E-state index contributed by atoms with van der Waals surface area (Å²) in [5, 5.41) is 10.2. The SMILES string of the molecule is O=c1n(-c2ccccc2)c(=O)n2n1[C@H]1C[C@@H]2[C@H](c2ccccc2O)C1. The Hall–Kier alpha value is -3.02. The number of aromatic hydroxyl groups is 1. The third-order valence-electron chi connectivity index (χ3n) is 5.52. The van der Waals surface area contributed by atoms with Crippen molar-refractivity contribution in [3.63, 3.8) is 0 Å². The van der Waals surface area contributed by atoms with E-state index in [1.54, 1.807) is 33.6 Å². The highest BCUT2D eigenvalue weighted by Crippen LogP contribution is 2.53. The highest BCUT2D eigenvalue weighted by molar-refractivity contribution is 5.37. The Morgan fingerprint density at radius 1 is 0.840 bits per heavy atom. The zero-order valence-corrected chi connectivity index (χ0v) is 13.4. The molecule has 6 heteroatoms. The predicted octanol–water partition coefficient (Wildman–Crippen LogP) is 2.18. The molecule has 2 aliphatic rings. The van der Waals surface area contributed by atoms with Gasteiger partial charge in [0.05, 0.1) is 17.8 Å². The van der Waals surface area contributed by atoms with Gasteiger partial charge in [0.2, 0.25) is 0 Å². The number of hydrogen-bond donors (Lipinski definition) is 1. The largest absolute Gasteiger partial charge is 0.508 e. The standard InChI is InChI=1S/C19H17N3O3/c23-17-9-5-4-8-14(17)15-10-13-11-16(15)22-19(25)20(18(24)21(13)22)12-6-2-1-3-7-12/h1-9,13,15-16,23H,10-11H2/t13-,15+,16-/m1/s1. The first-order valence-electron chi connectivity index (χ1n) is 8.46. The number of rotatable bonds is 2. The number of benzene rings is 2. The Morgan fingerprint density at radius 3 is 2.28 bits per heavy atom. The summed E-state index contributed by atoms with van der Waals surface area (Å²) in [6.45, 7) is 0. The van der Waals surface area contributed by atoms with Gasteiger partial charge in [-0.3, -0.25) is 0 Å². The summed E-state index contributed by atoms with van der Waals surface area (Å²) in [5.74, 6) is 0.305. The second kappa shape index (κ2) is 4.99. The van der Waals surface area contributed by atoms with E-state index in [9.17, 15) is 14.7 Å². The van der Waals surface area contributed by atoms with Crippen molar-refractivity contribution in [1.29, 1.82) is 0 Å². The van der Waals surface area contributed by atoms with Crippen LogP contribution in [0.4, 0.5) is 0 Å². The van der Waals surface area contributed by atoms with E-state index in [-0.39, 0.29) is 35.1 Å². The quantitative estimate of drug-likeness (QED) is 0.780. The van der Waals surface area contributed by atoms with Crippen LogP contribution in [0.15, 0.2) is 64.2 Å². The smallest absolute Gasteiger partial charge is 0.352 e. The van der Waals surface area contributed by atoms with Gasteiger partial charge in [-0.1, -0.05) is 36.4 Å². The molecule has 1 fully saturated rings. The number of hydrogen-bond acceptors (Lipinski definition) is 3. The fourth-order valence-electron chi connectivity index (χ4n) is 4.50. The van der Waals surface area contributed by atoms with Gasteiger partial charge in [0.25, 0.3) is 0 Å². The van der Waals surface area contributed by atoms with Gasteiger partial charge in [0.15, 0.2) is 0 Å². The van der Waals surface area contributed by atoms with E-state index in [1.165, 1.54) is 4.57 Å². The molecule has 25 heavy (non-hydrogen) atoms. The molecule has 6 nitrogen and oxygen atoms in total. The number of fused-ring (bicyclic) bond motifs is 5. The van der Waals surface area contributed by atoms with Crippen molar-refractivity contribution in [2.75, 3.05) is 0 Å². The Labute approximate surface area is 143 Å². The molecule has 0 spiro atoms. The molecule has 3 aromatic rings. The molecule has 3 atom stereocenters. The molecular weight excluding hydrogens is 318 g/mol. The summed E-state index contributed by atoms with van der Waals surface area (Å²) in [6, 6.07) is 16.2. The molecule has 2 bridgehead atoms. The Balaban J connectivity index is 1.67. The van der Waals surface area contributed by atoms with Gasteiger partial charge < -0.3 is 5.11 Å². The van der Waals surface area contributed by atoms with Gasteiger partial charge in [0.1, 0.15) is 5.75 Å². The van der Waals surface area contributed by atoms with Gasteiger partial charge in [-0.25, -0.2) is 23.5 Å². The maximum Gasteiger partial charge on any atom is 0.352 e. The van der Waals surface area contributed by atoms with Crippen molar-refractivity contribution >= 4 is 0 Å². The molecule has 2 heterocycles. The molecular formula is C19H17N3O3. The maximum absolute atomic E-state index is 13.0. The van der Waals surface area contributed by atoms with Crippen molar-refractivity contribution in [2.45, 2.75) is 30.8 Å². The summed E-state index contributed by atoms with van der Waals surface area (Å²) in [7, 11) is 0. The van der Waals surface area contributed by atoms with Crippen LogP contribution >= 0.6 is 0 Å². The van der Waals surface area contributed by atoms with Gasteiger partial charge in [-0.05, 0) is 36.6 Å². The average Bonchev–Trinajstić information content (AvgIpc) is 3.28. The second-order valence-electron chi connectivity index (χ2n) is 6.78. The van der Waals surface area contributed by atoms with Gasteiger partial charge in [0, 0.05) is 5.92 Å². The van der Waals surface area contributed by atoms with Crippen LogP contribution in [0.3, 0.4) is 0 Å². The van der Waals surface area contributed by atoms with Crippen LogP contribution in [0.25, 0.3) is 5.69 Å². The van der Waals surface area contributed by atoms with E-state index in [0.717, 1.165) is 18.4 Å². The molecule has 1 N–H and O–H groups in total. The van der Waals surface area contributed by atoms with Crippen LogP contribution in [0, 0.1) is 0 Å². The predicted molar refractivity (Wildman–Crippen MR) is 92.4 cm³/mol. The third-order valence-corrected chi connectivity index (χ3v) is 5.52. The number of phenols is 1. The average molecular weight is 335 g/mol. The summed E-state index contributed by atoms with van der Waals surface area (Å²) in [5.41, 5.74) is 0.863. The van der Waals surface area contributed by atoms with E-state index in [4.69, 9.17) is 0 Å². The van der Waals surface area contributed by atoms with E-state index < -0.39 is 0 Å². The molecule has 1 aliphatic carbocycles. The lowest BCUT2D eigenvalue weighted by molar-refractivity contribution is 0.330. The molecule has 1 saturated carbocycles. The van der Waals surface area contributed by atoms with Crippen LogP contribution in [0.1, 0.15) is 36.4 Å². The molecule has 0 unspecified atom stereocenters. The monoisotopic (exact) mass is 335 g/mol. The minimum absolute atomic E-state index is 0.000214. The fraction of sp³-hybridized carbons (Fsp3) is 0.263. The van der Waals surface area contributed by atoms with Crippen molar-refractivity contribution < 1.29 is 5.11 Å². The number of nitrogens with zero attached hydrogens (tertiary/aromatic N) is 3. The molecule has 5 rings (SSSR count). The van der Waals surface area contributed by atoms with Crippen LogP contribution in [0.2, 0.25) is 0 Å². The normalized spacial score (nSPS) is 23.8. The van der Waals surface area contributed by atoms with E-state index >= 15 is 0 Å². The van der Waals surface area contributed by atoms with Crippen molar-refractivity contribution in [1.82, 2.24) is 13.9 Å². The molecule has 126 valence electrons. The molecule has 0 amide bonds. The minimum Gasteiger partial charge on any atom is -0.508 e. The topological polar surface area (TPSA) is 69.2 Å². The van der Waals surface area contributed by atoms with Crippen molar-refractivity contribution in [3.05, 3.63) is 81.1 Å². The maximum atomic E-state index is 13.0. The summed E-state index contributed by atoms with van der Waals surface area (Å²) < 4.78 is 4.45. The molecule has 0 radical (unpaired) electrons. The van der Waals surface area contributed by atoms with Crippen LogP contribution in [0.5, 0.6) is 5.75 Å². The van der Waals surface area contributed by atoms with Crippen LogP contribution in [-0.2, 0) is 0 Å². The zero-order valence-electron chi connectivity index (χ0n) is 13.4. The van der Waals surface area contributed by atoms with Crippen LogP contribution < -0.4 is 11.4 Å². The first-order valence-corrected chi connectivity index (χ1v) is 8.46. The fourth-order valence-corrected chi connectivity index (χ4v) is 4.50. The number of para-hydroxylation sites is 2. The highest BCUT2D eigenvalue weighted by Gasteiger charge is 2.48. The molecule has 1 aliphatic heterocycles. The highest BCUT2D eigenvalue weighted by atomic mass is 16.3. The Bertz CT molecular complexity index is 1080. The summed E-state index contributed by atoms with van der Waals surface area (Å²) in [4.78, 5) is 25.8. The number of aromatic nitrogens is 3. The van der Waals surface area contributed by atoms with Crippen molar-refractivity contribution in [3.8, 4) is 11.4 Å². The van der Waals surface area contributed by atoms with Crippen LogP contribution in [-0.4, -0.2) is 19.0 Å². The van der Waals surface area contributed by atoms with Gasteiger partial charge >= 0.3 is 11.4 Å². The second-order valence-corrected chi connectivity index (χ2v) is 6.78. The van der Waals surface area contributed by atoms with Gasteiger partial charge in [-0.2, -0.15) is 0 Å². The lowest BCUT2D eigenvalue weighted by Gasteiger charge is -2.25. The van der Waals surface area contributed by atoms with E-state index in [1.807, 2.05) is 30.3 Å². The third kappa shape index (κ3) is 1.85. The Kier molecular flexibility index (Phi) is 2.86. The first-order chi connectivity index (χ1) is 12.2. The lowest BCUT2D eigenvalue weighted by atomic mass is 9.92. The summed E-state index contributed by atoms with van der Waals surface area (Å²) in [6.07, 6.45) is 1.53. The van der Waals surface area contributed by atoms with E-state index in [0.29, 0.717) is 5.69 Å². The zero-order chi connectivity index (χ0) is 17.1. The van der Waals surface area contributed by atoms with Crippen molar-refractivity contribution in [2.24, 2.45) is 0 Å². The first kappa shape index (κ1) is 14.3. The Morgan fingerprint density at radius 2 is 1.52 bits per heavy atom. The number of phenolic OH excluding ortho intramolecular Hbond substituents is 1. The molecule has 0 saturated heterocycles. The van der Waals surface area contributed by atoms with E-state index in [2.05, 4.69) is 0 Å². The van der Waals surface area contributed by atoms with Gasteiger partial charge in [-0.15, -0.1) is 0 Å². The minimum atomic E-state index is -0.302. The lowest BCUT2D eigenvalue weighted by Crippen LogP contribution is -2.31. The summed E-state index contributed by atoms with van der Waals surface area (Å²) >= 11 is 0. The molecule has 1 aromatic heterocycles.